The summed E-state index contributed by atoms with van der Waals surface area (Å²) in [5.41, 5.74) is 2.03. The van der Waals surface area contributed by atoms with Gasteiger partial charge in [0.1, 0.15) is 0 Å². The van der Waals surface area contributed by atoms with Gasteiger partial charge in [-0.15, -0.1) is 0 Å². The first-order chi connectivity index (χ1) is 14.2. The number of aromatic nitrogens is 2. The van der Waals surface area contributed by atoms with Gasteiger partial charge in [-0.1, -0.05) is 31.4 Å². The molecule has 0 radical (unpaired) electrons. The van der Waals surface area contributed by atoms with Gasteiger partial charge in [-0.05, 0) is 57.8 Å². The van der Waals surface area contributed by atoms with Crippen LogP contribution in [0.25, 0.3) is 11.0 Å². The van der Waals surface area contributed by atoms with Crippen LogP contribution in [0.3, 0.4) is 0 Å². The fraction of sp³-hybridized carbons (Fsp3) is 0.652. The van der Waals surface area contributed by atoms with Crippen LogP contribution >= 0.6 is 0 Å². The summed E-state index contributed by atoms with van der Waals surface area (Å²) in [6, 6.07) is 8.83. The first kappa shape index (κ1) is 20.2. The van der Waals surface area contributed by atoms with Crippen molar-refractivity contribution < 1.29 is 4.79 Å². The van der Waals surface area contributed by atoms with E-state index in [-0.39, 0.29) is 11.8 Å². The number of piperidine rings is 1. The van der Waals surface area contributed by atoms with Crippen LogP contribution in [0.15, 0.2) is 24.3 Å². The van der Waals surface area contributed by atoms with Gasteiger partial charge in [-0.3, -0.25) is 4.79 Å². The zero-order valence-corrected chi connectivity index (χ0v) is 17.7. The molecule has 2 heterocycles. The van der Waals surface area contributed by atoms with E-state index in [1.165, 1.54) is 32.1 Å². The highest BCUT2D eigenvalue weighted by molar-refractivity contribution is 5.80. The zero-order valence-electron chi connectivity index (χ0n) is 17.7. The molecule has 1 aromatic carbocycles. The van der Waals surface area contributed by atoms with Crippen LogP contribution in [-0.2, 0) is 4.79 Å². The Morgan fingerprint density at radius 1 is 1.21 bits per heavy atom. The summed E-state index contributed by atoms with van der Waals surface area (Å²) >= 11 is 0. The quantitative estimate of drug-likeness (QED) is 0.702. The van der Waals surface area contributed by atoms with E-state index >= 15 is 0 Å². The standard InChI is InChI=1S/C23H35N5O/c1-27(19-10-3-2-4-11-19)15-8-14-24-22(29)18-9-7-16-28(17-18)23-25-20-12-5-6-13-21(20)26-23/h5-6,12-13,18-19H,2-4,7-11,14-17H2,1H3,(H,24,29)(H,25,26)/t18-/m1/s1. The van der Waals surface area contributed by atoms with Crippen molar-refractivity contribution in [1.29, 1.82) is 0 Å². The fourth-order valence-corrected chi connectivity index (χ4v) is 4.86. The fourth-order valence-electron chi connectivity index (χ4n) is 4.86. The number of anilines is 1. The molecule has 0 unspecified atom stereocenters. The highest BCUT2D eigenvalue weighted by Crippen LogP contribution is 2.24. The summed E-state index contributed by atoms with van der Waals surface area (Å²) in [5, 5.41) is 3.19. The summed E-state index contributed by atoms with van der Waals surface area (Å²) in [4.78, 5) is 25.5. The molecule has 1 aromatic heterocycles. The number of carbonyl (C=O) groups excluding carboxylic acids is 1. The molecule has 2 aliphatic rings. The Hall–Kier alpha value is -2.08. The molecule has 158 valence electrons. The van der Waals surface area contributed by atoms with Crippen molar-refractivity contribution in [1.82, 2.24) is 20.2 Å². The van der Waals surface area contributed by atoms with Crippen molar-refractivity contribution in [3.63, 3.8) is 0 Å². The molecule has 6 nitrogen and oxygen atoms in total. The van der Waals surface area contributed by atoms with E-state index in [1.54, 1.807) is 0 Å². The SMILES string of the molecule is CN(CCCNC(=O)[C@@H]1CCCN(c2nc3ccccc3[nH]2)C1)C1CCCCC1. The Balaban J connectivity index is 1.22. The zero-order chi connectivity index (χ0) is 20.1. The topological polar surface area (TPSA) is 64.3 Å². The van der Waals surface area contributed by atoms with Crippen molar-refractivity contribution >= 4 is 22.9 Å². The number of hydrogen-bond donors (Lipinski definition) is 2. The molecule has 0 spiro atoms. The lowest BCUT2D eigenvalue weighted by Gasteiger charge is -2.32. The lowest BCUT2D eigenvalue weighted by atomic mass is 9.94. The number of rotatable bonds is 7. The van der Waals surface area contributed by atoms with E-state index in [9.17, 15) is 4.79 Å². The number of fused-ring (bicyclic) bond motifs is 1. The number of amides is 1. The molecule has 1 amide bonds. The maximum Gasteiger partial charge on any atom is 0.224 e. The number of nitrogens with one attached hydrogen (secondary N) is 2. The second kappa shape index (κ2) is 9.61. The Labute approximate surface area is 174 Å². The first-order valence-electron chi connectivity index (χ1n) is 11.4. The molecule has 2 fully saturated rings. The average Bonchev–Trinajstić information content (AvgIpc) is 3.21. The second-order valence-electron chi connectivity index (χ2n) is 8.78. The number of H-pyrrole nitrogens is 1. The predicted molar refractivity (Wildman–Crippen MR) is 118 cm³/mol. The van der Waals surface area contributed by atoms with E-state index in [0.717, 1.165) is 68.5 Å². The summed E-state index contributed by atoms with van der Waals surface area (Å²) in [6.07, 6.45) is 9.82. The molecule has 6 heteroatoms. The molecule has 1 saturated carbocycles. The normalized spacial score (nSPS) is 21.0. The predicted octanol–water partition coefficient (Wildman–Crippen LogP) is 3.55. The number of aromatic amines is 1. The maximum atomic E-state index is 12.7. The minimum atomic E-state index is 0.0491. The molecule has 29 heavy (non-hydrogen) atoms. The largest absolute Gasteiger partial charge is 0.356 e. The molecular formula is C23H35N5O. The minimum Gasteiger partial charge on any atom is -0.356 e. The average molecular weight is 398 g/mol. The molecule has 1 aliphatic heterocycles. The van der Waals surface area contributed by atoms with Crippen molar-refractivity contribution in [2.75, 3.05) is 38.1 Å². The number of nitrogens with zero attached hydrogens (tertiary/aromatic N) is 3. The molecule has 4 rings (SSSR count). The van der Waals surface area contributed by atoms with E-state index in [1.807, 2.05) is 24.3 Å². The van der Waals surface area contributed by atoms with Gasteiger partial charge in [0.2, 0.25) is 11.9 Å². The van der Waals surface area contributed by atoms with Crippen LogP contribution in [0, 0.1) is 5.92 Å². The number of benzene rings is 1. The van der Waals surface area contributed by atoms with Gasteiger partial charge in [-0.25, -0.2) is 4.98 Å². The monoisotopic (exact) mass is 397 g/mol. The molecular weight excluding hydrogens is 362 g/mol. The highest BCUT2D eigenvalue weighted by Gasteiger charge is 2.27. The van der Waals surface area contributed by atoms with Crippen LogP contribution in [0.1, 0.15) is 51.4 Å². The molecule has 1 saturated heterocycles. The van der Waals surface area contributed by atoms with Gasteiger partial charge in [-0.2, -0.15) is 0 Å². The van der Waals surface area contributed by atoms with Crippen LogP contribution in [0.2, 0.25) is 0 Å². The highest BCUT2D eigenvalue weighted by atomic mass is 16.1. The molecule has 1 atom stereocenters. The Morgan fingerprint density at radius 2 is 2.03 bits per heavy atom. The summed E-state index contributed by atoms with van der Waals surface area (Å²) < 4.78 is 0. The molecule has 0 bridgehead atoms. The summed E-state index contributed by atoms with van der Waals surface area (Å²) in [7, 11) is 2.24. The molecule has 2 N–H and O–H groups in total. The van der Waals surface area contributed by atoms with E-state index in [4.69, 9.17) is 4.98 Å². The molecule has 2 aromatic rings. The third-order valence-electron chi connectivity index (χ3n) is 6.65. The van der Waals surface area contributed by atoms with Gasteiger partial charge in [0.25, 0.3) is 0 Å². The number of hydrogen-bond acceptors (Lipinski definition) is 4. The maximum absolute atomic E-state index is 12.7. The van der Waals surface area contributed by atoms with E-state index in [0.29, 0.717) is 0 Å². The van der Waals surface area contributed by atoms with Gasteiger partial charge in [0.05, 0.1) is 17.0 Å². The third-order valence-corrected chi connectivity index (χ3v) is 6.65. The van der Waals surface area contributed by atoms with Gasteiger partial charge in [0, 0.05) is 25.7 Å². The summed E-state index contributed by atoms with van der Waals surface area (Å²) in [5.74, 6) is 1.14. The lowest BCUT2D eigenvalue weighted by Crippen LogP contribution is -2.44. The van der Waals surface area contributed by atoms with Gasteiger partial charge >= 0.3 is 0 Å². The minimum absolute atomic E-state index is 0.0491. The first-order valence-corrected chi connectivity index (χ1v) is 11.4. The Bertz CT molecular complexity index is 764. The Morgan fingerprint density at radius 3 is 2.86 bits per heavy atom. The van der Waals surface area contributed by atoms with Crippen LogP contribution in [0.4, 0.5) is 5.95 Å². The van der Waals surface area contributed by atoms with Gasteiger partial charge < -0.3 is 20.1 Å². The van der Waals surface area contributed by atoms with E-state index in [2.05, 4.69) is 27.1 Å². The number of carbonyl (C=O) groups is 1. The van der Waals surface area contributed by atoms with Gasteiger partial charge in [0.15, 0.2) is 0 Å². The Kier molecular flexibility index (Phi) is 6.70. The summed E-state index contributed by atoms with van der Waals surface area (Å²) in [6.45, 7) is 3.54. The molecule has 1 aliphatic carbocycles. The van der Waals surface area contributed by atoms with Crippen LogP contribution in [0.5, 0.6) is 0 Å². The van der Waals surface area contributed by atoms with Crippen molar-refractivity contribution in [3.05, 3.63) is 24.3 Å². The van der Waals surface area contributed by atoms with Crippen LogP contribution < -0.4 is 10.2 Å². The number of imidazole rings is 1. The van der Waals surface area contributed by atoms with Crippen LogP contribution in [-0.4, -0.2) is 60.0 Å². The third kappa shape index (κ3) is 5.10. The number of para-hydroxylation sites is 2. The smallest absolute Gasteiger partial charge is 0.224 e. The van der Waals surface area contributed by atoms with Crippen molar-refractivity contribution in [2.24, 2.45) is 5.92 Å². The second-order valence-corrected chi connectivity index (χ2v) is 8.78. The van der Waals surface area contributed by atoms with Crippen molar-refractivity contribution in [3.8, 4) is 0 Å². The lowest BCUT2D eigenvalue weighted by molar-refractivity contribution is -0.125. The van der Waals surface area contributed by atoms with E-state index < -0.39 is 0 Å². The van der Waals surface area contributed by atoms with Crippen molar-refractivity contribution in [2.45, 2.75) is 57.4 Å².